The van der Waals surface area contributed by atoms with Gasteiger partial charge in [-0.25, -0.2) is 5.90 Å². The maximum Gasteiger partial charge on any atom is 0.134 e. The fourth-order valence-electron chi connectivity index (χ4n) is 1.87. The lowest BCUT2D eigenvalue weighted by atomic mass is 10.1. The van der Waals surface area contributed by atoms with Crippen LogP contribution in [0.15, 0.2) is 36.5 Å². The molecule has 100 valence electrons. The summed E-state index contributed by atoms with van der Waals surface area (Å²) in [6, 6.07) is 9.81. The number of hydrogen-bond acceptors (Lipinski definition) is 4. The first-order valence-corrected chi connectivity index (χ1v) is 6.13. The van der Waals surface area contributed by atoms with E-state index >= 15 is 0 Å². The summed E-state index contributed by atoms with van der Waals surface area (Å²) in [5, 5.41) is 4.42. The molecule has 0 aliphatic heterocycles. The van der Waals surface area contributed by atoms with Crippen molar-refractivity contribution in [3.8, 4) is 11.3 Å². The Kier molecular flexibility index (Phi) is 4.43. The highest BCUT2D eigenvalue weighted by Gasteiger charge is 2.03. The van der Waals surface area contributed by atoms with Crippen LogP contribution in [0, 0.1) is 0 Å². The largest absolute Gasteiger partial charge is 0.303 e. The molecule has 0 aliphatic rings. The minimum absolute atomic E-state index is 0.166. The van der Waals surface area contributed by atoms with Gasteiger partial charge in [0, 0.05) is 18.2 Å². The van der Waals surface area contributed by atoms with Gasteiger partial charge in [-0.15, -0.1) is 0 Å². The molecule has 1 aromatic carbocycles. The topological polar surface area (TPSA) is 70.1 Å². The van der Waals surface area contributed by atoms with E-state index in [0.717, 1.165) is 16.8 Å². The number of carbonyl (C=O) groups excluding carboxylic acids is 1. The molecule has 0 saturated heterocycles. The number of rotatable bonds is 6. The first-order chi connectivity index (χ1) is 9.19. The summed E-state index contributed by atoms with van der Waals surface area (Å²) in [6.45, 7) is 2.65. The van der Waals surface area contributed by atoms with Crippen molar-refractivity contribution < 1.29 is 9.63 Å². The van der Waals surface area contributed by atoms with Crippen LogP contribution in [0.2, 0.25) is 0 Å². The molecule has 0 unspecified atom stereocenters. The smallest absolute Gasteiger partial charge is 0.134 e. The van der Waals surface area contributed by atoms with E-state index in [1.54, 1.807) is 11.6 Å². The Morgan fingerprint density at radius 2 is 2.05 bits per heavy atom. The summed E-state index contributed by atoms with van der Waals surface area (Å²) in [5.74, 6) is 5.15. The molecule has 0 bridgehead atoms. The average molecular weight is 259 g/mol. The van der Waals surface area contributed by atoms with Crippen LogP contribution in [-0.2, 0) is 22.6 Å². The Hall–Kier alpha value is -1.98. The molecule has 0 atom stereocenters. The van der Waals surface area contributed by atoms with Gasteiger partial charge in [0.25, 0.3) is 0 Å². The first kappa shape index (κ1) is 13.5. The van der Waals surface area contributed by atoms with Crippen LogP contribution in [0.1, 0.15) is 12.5 Å². The molecule has 19 heavy (non-hydrogen) atoms. The number of nitrogens with two attached hydrogens (primary N) is 1. The third-order valence-corrected chi connectivity index (χ3v) is 2.78. The van der Waals surface area contributed by atoms with Crippen LogP contribution in [0.4, 0.5) is 0 Å². The lowest BCUT2D eigenvalue weighted by Gasteiger charge is -2.01. The average Bonchev–Trinajstić information content (AvgIpc) is 2.85. The molecule has 0 amide bonds. The molecular formula is C14H17N3O2. The summed E-state index contributed by atoms with van der Waals surface area (Å²) in [7, 11) is 0. The number of nitrogens with zero attached hydrogens (tertiary/aromatic N) is 2. The Morgan fingerprint density at radius 1 is 1.32 bits per heavy atom. The maximum atomic E-state index is 11.0. The van der Waals surface area contributed by atoms with Crippen molar-refractivity contribution in [3.63, 3.8) is 0 Å². The normalized spacial score (nSPS) is 10.6. The molecule has 2 N–H and O–H groups in total. The molecule has 1 aromatic heterocycles. The number of carbonyl (C=O) groups is 1. The molecule has 1 heterocycles. The van der Waals surface area contributed by atoms with E-state index in [-0.39, 0.29) is 5.78 Å². The Bertz CT molecular complexity index is 546. The minimum atomic E-state index is 0.166. The summed E-state index contributed by atoms with van der Waals surface area (Å²) in [4.78, 5) is 15.6. The number of aromatic nitrogens is 2. The van der Waals surface area contributed by atoms with Gasteiger partial charge in [-0.3, -0.25) is 9.48 Å². The van der Waals surface area contributed by atoms with Crippen molar-refractivity contribution in [2.75, 3.05) is 6.61 Å². The third-order valence-electron chi connectivity index (χ3n) is 2.78. The van der Waals surface area contributed by atoms with Crippen LogP contribution < -0.4 is 5.90 Å². The second-order valence-corrected chi connectivity index (χ2v) is 4.41. The quantitative estimate of drug-likeness (QED) is 0.799. The number of hydrogen-bond donors (Lipinski definition) is 1. The molecule has 0 spiro atoms. The standard InChI is InChI=1S/C14H17N3O2/c1-11(18)10-12-2-4-13(5-3-12)14-6-7-17(16-14)8-9-19-15/h2-7H,8-10,15H2,1H3. The van der Waals surface area contributed by atoms with Crippen LogP contribution in [0.3, 0.4) is 0 Å². The van der Waals surface area contributed by atoms with Crippen molar-refractivity contribution in [2.45, 2.75) is 19.9 Å². The zero-order valence-corrected chi connectivity index (χ0v) is 10.9. The third kappa shape index (κ3) is 3.74. The fourth-order valence-corrected chi connectivity index (χ4v) is 1.87. The highest BCUT2D eigenvalue weighted by molar-refractivity contribution is 5.78. The lowest BCUT2D eigenvalue weighted by molar-refractivity contribution is -0.116. The first-order valence-electron chi connectivity index (χ1n) is 6.13. The molecule has 5 nitrogen and oxygen atoms in total. The predicted molar refractivity (Wildman–Crippen MR) is 72.2 cm³/mol. The molecule has 0 saturated carbocycles. The van der Waals surface area contributed by atoms with Gasteiger partial charge >= 0.3 is 0 Å². The summed E-state index contributed by atoms with van der Waals surface area (Å²) >= 11 is 0. The van der Waals surface area contributed by atoms with E-state index in [2.05, 4.69) is 9.94 Å². The monoisotopic (exact) mass is 259 g/mol. The zero-order valence-electron chi connectivity index (χ0n) is 10.9. The van der Waals surface area contributed by atoms with Crippen LogP contribution >= 0.6 is 0 Å². The van der Waals surface area contributed by atoms with E-state index < -0.39 is 0 Å². The van der Waals surface area contributed by atoms with Gasteiger partial charge in [-0.1, -0.05) is 24.3 Å². The minimum Gasteiger partial charge on any atom is -0.303 e. The van der Waals surface area contributed by atoms with Gasteiger partial charge in [0.15, 0.2) is 0 Å². The number of Topliss-reactive ketones (excluding diaryl/α,β-unsaturated/α-hetero) is 1. The summed E-state index contributed by atoms with van der Waals surface area (Å²) in [5.41, 5.74) is 2.94. The Morgan fingerprint density at radius 3 is 2.68 bits per heavy atom. The Labute approximate surface area is 111 Å². The van der Waals surface area contributed by atoms with E-state index in [0.29, 0.717) is 19.6 Å². The van der Waals surface area contributed by atoms with E-state index in [9.17, 15) is 4.79 Å². The second-order valence-electron chi connectivity index (χ2n) is 4.41. The fraction of sp³-hybridized carbons (Fsp3) is 0.286. The van der Waals surface area contributed by atoms with Crippen molar-refractivity contribution in [2.24, 2.45) is 5.90 Å². The SMILES string of the molecule is CC(=O)Cc1ccc(-c2ccn(CCON)n2)cc1. The second kappa shape index (κ2) is 6.26. The zero-order chi connectivity index (χ0) is 13.7. The van der Waals surface area contributed by atoms with Crippen molar-refractivity contribution in [1.82, 2.24) is 9.78 Å². The number of benzene rings is 1. The molecule has 0 fully saturated rings. The number of ketones is 1. The lowest BCUT2D eigenvalue weighted by Crippen LogP contribution is -2.09. The van der Waals surface area contributed by atoms with Gasteiger partial charge in [0.2, 0.25) is 0 Å². The highest BCUT2D eigenvalue weighted by Crippen LogP contribution is 2.17. The maximum absolute atomic E-state index is 11.0. The van der Waals surface area contributed by atoms with Crippen LogP contribution in [-0.4, -0.2) is 22.2 Å². The van der Waals surface area contributed by atoms with Crippen LogP contribution in [0.5, 0.6) is 0 Å². The molecular weight excluding hydrogens is 242 g/mol. The molecule has 0 radical (unpaired) electrons. The van der Waals surface area contributed by atoms with Gasteiger partial charge in [0.1, 0.15) is 5.78 Å². The van der Waals surface area contributed by atoms with Crippen molar-refractivity contribution in [3.05, 3.63) is 42.1 Å². The molecule has 2 aromatic rings. The Balaban J connectivity index is 2.09. The molecule has 5 heteroatoms. The van der Waals surface area contributed by atoms with Crippen LogP contribution in [0.25, 0.3) is 11.3 Å². The summed E-state index contributed by atoms with van der Waals surface area (Å²) < 4.78 is 1.78. The molecule has 0 aliphatic carbocycles. The van der Waals surface area contributed by atoms with Gasteiger partial charge in [-0.05, 0) is 18.6 Å². The van der Waals surface area contributed by atoms with E-state index in [4.69, 9.17) is 5.90 Å². The van der Waals surface area contributed by atoms with Gasteiger partial charge in [0.05, 0.1) is 18.8 Å². The predicted octanol–water partition coefficient (Wildman–Crippen LogP) is 1.57. The van der Waals surface area contributed by atoms with Gasteiger partial charge in [-0.2, -0.15) is 5.10 Å². The van der Waals surface area contributed by atoms with E-state index in [1.165, 1.54) is 0 Å². The van der Waals surface area contributed by atoms with Gasteiger partial charge < -0.3 is 4.84 Å². The van der Waals surface area contributed by atoms with Crippen molar-refractivity contribution >= 4 is 5.78 Å². The van der Waals surface area contributed by atoms with E-state index in [1.807, 2.05) is 36.5 Å². The van der Waals surface area contributed by atoms with Crippen molar-refractivity contribution in [1.29, 1.82) is 0 Å². The molecule has 2 rings (SSSR count). The highest BCUT2D eigenvalue weighted by atomic mass is 16.6. The summed E-state index contributed by atoms with van der Waals surface area (Å²) in [6.07, 6.45) is 2.36.